The summed E-state index contributed by atoms with van der Waals surface area (Å²) in [6, 6.07) is 0. The lowest BCUT2D eigenvalue weighted by atomic mass is 10.1. The van der Waals surface area contributed by atoms with Gasteiger partial charge in [0.15, 0.2) is 0 Å². The Bertz CT molecular complexity index is 566. The third-order valence-electron chi connectivity index (χ3n) is 3.50. The van der Waals surface area contributed by atoms with Crippen LogP contribution in [0.15, 0.2) is 34.9 Å². The Morgan fingerprint density at radius 3 is 1.71 bits per heavy atom. The van der Waals surface area contributed by atoms with Gasteiger partial charge in [-0.15, -0.1) is 0 Å². The molecule has 0 spiro atoms. The quantitative estimate of drug-likeness (QED) is 0.339. The van der Waals surface area contributed by atoms with Crippen molar-refractivity contribution in [3.05, 3.63) is 34.9 Å². The second kappa shape index (κ2) is 11.2. The molecule has 0 bridgehead atoms. The van der Waals surface area contributed by atoms with Gasteiger partial charge in [-0.2, -0.15) is 0 Å². The molecule has 0 fully saturated rings. The predicted molar refractivity (Wildman–Crippen MR) is 102 cm³/mol. The molecule has 5 nitrogen and oxygen atoms in total. The van der Waals surface area contributed by atoms with Crippen LogP contribution in [0.4, 0.5) is 0 Å². The number of hydrogen-bond acceptors (Lipinski definition) is 2. The van der Waals surface area contributed by atoms with E-state index in [1.165, 1.54) is 11.1 Å². The van der Waals surface area contributed by atoms with Crippen molar-refractivity contribution in [3.63, 3.8) is 0 Å². The van der Waals surface area contributed by atoms with Gasteiger partial charge in [0.25, 0.3) is 0 Å². The van der Waals surface area contributed by atoms with E-state index in [1.54, 1.807) is 0 Å². The van der Waals surface area contributed by atoms with Crippen molar-refractivity contribution < 1.29 is 23.8 Å². The third kappa shape index (κ3) is 15.1. The molecule has 0 aromatic carbocycles. The third-order valence-corrected chi connectivity index (χ3v) is 7.70. The first kappa shape index (κ1) is 23.6. The summed E-state index contributed by atoms with van der Waals surface area (Å²) in [5.74, 6) is -0.930. The van der Waals surface area contributed by atoms with E-state index in [-0.39, 0.29) is 6.16 Å². The second-order valence-corrected chi connectivity index (χ2v) is 11.2. The fourth-order valence-corrected chi connectivity index (χ4v) is 5.61. The van der Waals surface area contributed by atoms with E-state index in [4.69, 9.17) is 9.79 Å². The van der Waals surface area contributed by atoms with Crippen LogP contribution >= 0.6 is 15.0 Å². The van der Waals surface area contributed by atoms with Crippen LogP contribution in [-0.2, 0) is 9.13 Å². The van der Waals surface area contributed by atoms with Crippen LogP contribution < -0.4 is 0 Å². The Morgan fingerprint density at radius 1 is 0.792 bits per heavy atom. The molecule has 0 aliphatic carbocycles. The van der Waals surface area contributed by atoms with Gasteiger partial charge in [-0.25, -0.2) is 0 Å². The van der Waals surface area contributed by atoms with Crippen LogP contribution in [0.3, 0.4) is 0 Å². The van der Waals surface area contributed by atoms with Gasteiger partial charge in [0.2, 0.25) is 7.37 Å². The molecule has 24 heavy (non-hydrogen) atoms. The summed E-state index contributed by atoms with van der Waals surface area (Å²) in [5, 5.41) is 0. The molecule has 0 aliphatic rings. The molecule has 0 amide bonds. The first-order valence-corrected chi connectivity index (χ1v) is 12.0. The van der Waals surface area contributed by atoms with Crippen LogP contribution in [0.1, 0.15) is 59.8 Å². The van der Waals surface area contributed by atoms with Crippen molar-refractivity contribution >= 4 is 15.0 Å². The van der Waals surface area contributed by atoms with Gasteiger partial charge in [0.1, 0.15) is 5.90 Å². The minimum Gasteiger partial charge on any atom is -0.344 e. The molecular formula is C17H32O5P2. The minimum atomic E-state index is -4.44. The molecule has 0 saturated carbocycles. The number of allylic oxidation sites excluding steroid dienone is 6. The molecule has 0 saturated heterocycles. The molecular weight excluding hydrogens is 346 g/mol. The van der Waals surface area contributed by atoms with E-state index in [0.717, 1.165) is 31.3 Å². The van der Waals surface area contributed by atoms with Crippen LogP contribution in [0.5, 0.6) is 0 Å². The van der Waals surface area contributed by atoms with E-state index in [9.17, 15) is 14.0 Å². The fraction of sp³-hybridized carbons (Fsp3) is 0.647. The zero-order valence-corrected chi connectivity index (χ0v) is 17.0. The Balaban J connectivity index is 4.18. The molecule has 1 unspecified atom stereocenters. The highest BCUT2D eigenvalue weighted by atomic mass is 31.2. The fourth-order valence-electron chi connectivity index (χ4n) is 2.21. The van der Waals surface area contributed by atoms with E-state index in [0.29, 0.717) is 6.42 Å². The molecule has 7 heteroatoms. The normalized spacial score (nSPS) is 16.0. The molecule has 0 aromatic rings. The lowest BCUT2D eigenvalue weighted by Crippen LogP contribution is -1.95. The maximum atomic E-state index is 11.7. The number of hydrogen-bond donors (Lipinski definition) is 3. The summed E-state index contributed by atoms with van der Waals surface area (Å²) in [7, 11) is -8.20. The minimum absolute atomic E-state index is 0.0903. The predicted octanol–water partition coefficient (Wildman–Crippen LogP) is 5.20. The monoisotopic (exact) mass is 378 g/mol. The zero-order chi connectivity index (χ0) is 18.8. The standard InChI is InChI=1S/C17H32O5P2/c1-15(2)8-5-9-16(3)10-6-11-17(4)12-7-13-23(18,19)14-24(20,21)22/h8,10,12H,5-7,9,11,13-14H2,1-4H3,(H,18,19)(H2,20,21,22)/b16-10+,17-12+. The summed E-state index contributed by atoms with van der Waals surface area (Å²) < 4.78 is 22.5. The molecule has 3 N–H and O–H groups in total. The highest BCUT2D eigenvalue weighted by molar-refractivity contribution is 7.72. The maximum absolute atomic E-state index is 11.7. The van der Waals surface area contributed by atoms with Crippen LogP contribution in [0.25, 0.3) is 0 Å². The number of rotatable bonds is 11. The molecule has 1 atom stereocenters. The molecule has 0 heterocycles. The zero-order valence-electron chi connectivity index (χ0n) is 15.2. The molecule has 140 valence electrons. The van der Waals surface area contributed by atoms with Crippen LogP contribution in [0.2, 0.25) is 0 Å². The van der Waals surface area contributed by atoms with Crippen LogP contribution in [0, 0.1) is 0 Å². The summed E-state index contributed by atoms with van der Waals surface area (Å²) in [6.07, 6.45) is 10.5. The summed E-state index contributed by atoms with van der Waals surface area (Å²) in [4.78, 5) is 27.1. The van der Waals surface area contributed by atoms with Crippen molar-refractivity contribution in [1.29, 1.82) is 0 Å². The highest BCUT2D eigenvalue weighted by Crippen LogP contribution is 2.54. The van der Waals surface area contributed by atoms with E-state index >= 15 is 0 Å². The molecule has 0 aromatic heterocycles. The molecule has 0 rings (SSSR count). The topological polar surface area (TPSA) is 94.8 Å². The average molecular weight is 378 g/mol. The highest BCUT2D eigenvalue weighted by Gasteiger charge is 2.28. The largest absolute Gasteiger partial charge is 0.344 e. The Morgan fingerprint density at radius 2 is 1.25 bits per heavy atom. The Hall–Kier alpha value is -0.440. The van der Waals surface area contributed by atoms with Crippen molar-refractivity contribution in [1.82, 2.24) is 0 Å². The summed E-state index contributed by atoms with van der Waals surface area (Å²) in [5.41, 5.74) is 3.82. The Kier molecular flexibility index (Phi) is 11.0. The lowest BCUT2D eigenvalue weighted by molar-refractivity contribution is 0.376. The SMILES string of the molecule is CC(C)=CCC/C(C)=C/CC/C(C)=C/CCP(=O)(O)CP(=O)(O)O. The lowest BCUT2D eigenvalue weighted by Gasteiger charge is -2.11. The van der Waals surface area contributed by atoms with Crippen molar-refractivity contribution in [3.8, 4) is 0 Å². The van der Waals surface area contributed by atoms with Gasteiger partial charge in [0.05, 0.1) is 0 Å². The first-order chi connectivity index (χ1) is 10.9. The van der Waals surface area contributed by atoms with E-state index < -0.39 is 20.9 Å². The molecule has 0 aliphatic heterocycles. The van der Waals surface area contributed by atoms with Crippen molar-refractivity contribution in [2.45, 2.75) is 59.8 Å². The van der Waals surface area contributed by atoms with Gasteiger partial charge in [-0.3, -0.25) is 9.13 Å². The van der Waals surface area contributed by atoms with Gasteiger partial charge in [-0.05, 0) is 59.8 Å². The van der Waals surface area contributed by atoms with Gasteiger partial charge < -0.3 is 14.7 Å². The van der Waals surface area contributed by atoms with Gasteiger partial charge in [0, 0.05) is 6.16 Å². The maximum Gasteiger partial charge on any atom is 0.335 e. The molecule has 0 radical (unpaired) electrons. The Labute approximate surface area is 146 Å². The van der Waals surface area contributed by atoms with Crippen molar-refractivity contribution in [2.24, 2.45) is 0 Å². The van der Waals surface area contributed by atoms with Gasteiger partial charge in [-0.1, -0.05) is 34.9 Å². The van der Waals surface area contributed by atoms with Gasteiger partial charge >= 0.3 is 7.60 Å². The smallest absolute Gasteiger partial charge is 0.335 e. The van der Waals surface area contributed by atoms with Crippen LogP contribution in [-0.4, -0.2) is 26.7 Å². The van der Waals surface area contributed by atoms with E-state index in [1.807, 2.05) is 13.0 Å². The van der Waals surface area contributed by atoms with E-state index in [2.05, 4.69) is 32.9 Å². The average Bonchev–Trinajstić information content (AvgIpc) is 2.34. The first-order valence-electron chi connectivity index (χ1n) is 8.21. The second-order valence-electron chi connectivity index (χ2n) is 6.62. The summed E-state index contributed by atoms with van der Waals surface area (Å²) >= 11 is 0. The summed E-state index contributed by atoms with van der Waals surface area (Å²) in [6.45, 7) is 8.29. The van der Waals surface area contributed by atoms with Crippen molar-refractivity contribution in [2.75, 3.05) is 12.1 Å².